The van der Waals surface area contributed by atoms with Crippen LogP contribution in [0.2, 0.25) is 0 Å². The zero-order valence-corrected chi connectivity index (χ0v) is 30.8. The fraction of sp³-hybridized carbons (Fsp3) is 0. The summed E-state index contributed by atoms with van der Waals surface area (Å²) in [6.07, 6.45) is 0. The summed E-state index contributed by atoms with van der Waals surface area (Å²) in [5.41, 5.74) is 6.45. The highest BCUT2D eigenvalue weighted by atomic mass is 32.1. The average molecular weight is 731 g/mol. The zero-order valence-electron chi connectivity index (χ0n) is 30.0. The van der Waals surface area contributed by atoms with Crippen molar-refractivity contribution >= 4 is 85.6 Å². The number of nitrogens with zero attached hydrogens (tertiary/aromatic N) is 4. The minimum Gasteiger partial charge on any atom is -0.309 e. The van der Waals surface area contributed by atoms with Gasteiger partial charge in [-0.2, -0.15) is 0 Å². The molecule has 12 aromatic rings. The number of fused-ring (bicyclic) bond motifs is 13. The lowest BCUT2D eigenvalue weighted by atomic mass is 9.90. The molecule has 9 aromatic carbocycles. The topological polar surface area (TPSA) is 43.6 Å². The lowest BCUT2D eigenvalue weighted by molar-refractivity contribution is 1.08. The van der Waals surface area contributed by atoms with Crippen LogP contribution in [0.3, 0.4) is 0 Å². The van der Waals surface area contributed by atoms with E-state index < -0.39 is 0 Å². The smallest absolute Gasteiger partial charge is 0.164 e. The van der Waals surface area contributed by atoms with Crippen molar-refractivity contribution < 1.29 is 0 Å². The first kappa shape index (κ1) is 31.2. The summed E-state index contributed by atoms with van der Waals surface area (Å²) in [4.78, 5) is 15.3. The van der Waals surface area contributed by atoms with E-state index in [1.54, 1.807) is 0 Å². The molecular weight excluding hydrogens is 701 g/mol. The maximum atomic E-state index is 5.18. The molecule has 3 heterocycles. The number of hydrogen-bond donors (Lipinski definition) is 0. The summed E-state index contributed by atoms with van der Waals surface area (Å²) in [6.45, 7) is 0. The molecule has 0 fully saturated rings. The maximum absolute atomic E-state index is 5.18. The van der Waals surface area contributed by atoms with E-state index in [1.807, 2.05) is 47.7 Å². The van der Waals surface area contributed by atoms with Gasteiger partial charge in [-0.15, -0.1) is 11.3 Å². The molecule has 0 saturated carbocycles. The lowest BCUT2D eigenvalue weighted by Gasteiger charge is -2.18. The Labute approximate surface area is 325 Å². The predicted molar refractivity (Wildman–Crippen MR) is 236 cm³/mol. The number of benzene rings is 9. The lowest BCUT2D eigenvalue weighted by Crippen LogP contribution is -2.01. The summed E-state index contributed by atoms with van der Waals surface area (Å²) in [6, 6.07) is 64.8. The monoisotopic (exact) mass is 730 g/mol. The third-order valence-corrected chi connectivity index (χ3v) is 12.4. The highest BCUT2D eigenvalue weighted by molar-refractivity contribution is 7.26. The van der Waals surface area contributed by atoms with Crippen LogP contribution in [0.1, 0.15) is 0 Å². The SMILES string of the molecule is c1ccc(-c2nc(-c3ccccc3)nc(-c3cccc4c5cccc(-n6c7ccccc7c7c8sc9ccccc9c8ccc76)c5c5ccccc5c34)n2)cc1. The van der Waals surface area contributed by atoms with E-state index in [1.165, 1.54) is 58.1 Å². The van der Waals surface area contributed by atoms with Crippen LogP contribution in [0.5, 0.6) is 0 Å². The van der Waals surface area contributed by atoms with Gasteiger partial charge >= 0.3 is 0 Å². The van der Waals surface area contributed by atoms with Crippen molar-refractivity contribution in [3.8, 4) is 39.9 Å². The van der Waals surface area contributed by atoms with Crippen molar-refractivity contribution in [2.75, 3.05) is 0 Å². The Morgan fingerprint density at radius 3 is 1.57 bits per heavy atom. The Morgan fingerprint density at radius 1 is 0.339 bits per heavy atom. The molecule has 0 radical (unpaired) electrons. The van der Waals surface area contributed by atoms with Gasteiger partial charge in [0, 0.05) is 58.4 Å². The normalized spacial score (nSPS) is 11.9. The molecule has 0 aliphatic heterocycles. The van der Waals surface area contributed by atoms with Crippen LogP contribution in [0.4, 0.5) is 0 Å². The molecule has 56 heavy (non-hydrogen) atoms. The average Bonchev–Trinajstić information content (AvgIpc) is 3.82. The van der Waals surface area contributed by atoms with Gasteiger partial charge in [-0.25, -0.2) is 15.0 Å². The quantitative estimate of drug-likeness (QED) is 0.169. The Morgan fingerprint density at radius 2 is 0.875 bits per heavy atom. The second kappa shape index (κ2) is 12.2. The van der Waals surface area contributed by atoms with E-state index in [2.05, 4.69) is 150 Å². The minimum atomic E-state index is 0.651. The molecule has 0 aliphatic carbocycles. The number of para-hydroxylation sites is 1. The van der Waals surface area contributed by atoms with Gasteiger partial charge in [0.05, 0.1) is 16.7 Å². The molecule has 0 amide bonds. The molecule has 0 spiro atoms. The molecule has 0 atom stereocenters. The summed E-state index contributed by atoms with van der Waals surface area (Å²) in [7, 11) is 0. The van der Waals surface area contributed by atoms with Gasteiger partial charge in [0.25, 0.3) is 0 Å². The standard InChI is InChI=1S/C51H30N4S/c1-3-15-31(16-4-1)49-52-50(32-17-5-2-6-18-32)54-51(53-49)40-25-13-23-35-37-24-14-27-42(46(37)36-21-8-7-20-34(36)45(35)40)55-41-26-11-9-22-39(41)47-43(55)30-29-38-33-19-10-12-28-44(33)56-48(38)47/h1-30H. The van der Waals surface area contributed by atoms with E-state index in [-0.39, 0.29) is 0 Å². The molecule has 4 nitrogen and oxygen atoms in total. The van der Waals surface area contributed by atoms with Crippen LogP contribution in [-0.2, 0) is 0 Å². The molecule has 0 aliphatic rings. The summed E-state index contributed by atoms with van der Waals surface area (Å²) < 4.78 is 5.14. The van der Waals surface area contributed by atoms with Crippen LogP contribution in [0.25, 0.3) is 114 Å². The molecule has 3 aromatic heterocycles. The van der Waals surface area contributed by atoms with Crippen molar-refractivity contribution in [3.05, 3.63) is 182 Å². The fourth-order valence-electron chi connectivity index (χ4n) is 8.83. The molecule has 0 N–H and O–H groups in total. The summed E-state index contributed by atoms with van der Waals surface area (Å²) in [5, 5.41) is 12.2. The van der Waals surface area contributed by atoms with E-state index in [4.69, 9.17) is 15.0 Å². The molecular formula is C51H30N4S. The van der Waals surface area contributed by atoms with Crippen LogP contribution < -0.4 is 0 Å². The van der Waals surface area contributed by atoms with Crippen molar-refractivity contribution in [1.82, 2.24) is 19.5 Å². The predicted octanol–water partition coefficient (Wildman–Crippen LogP) is 13.8. The molecule has 0 unspecified atom stereocenters. The van der Waals surface area contributed by atoms with Gasteiger partial charge in [-0.05, 0) is 45.8 Å². The van der Waals surface area contributed by atoms with Crippen LogP contribution in [0, 0.1) is 0 Å². The molecule has 0 bridgehead atoms. The molecule has 260 valence electrons. The molecule has 12 rings (SSSR count). The third kappa shape index (κ3) is 4.55. The van der Waals surface area contributed by atoms with Gasteiger partial charge in [0.15, 0.2) is 17.5 Å². The first-order valence-corrected chi connectivity index (χ1v) is 19.7. The Bertz CT molecular complexity index is 3430. The van der Waals surface area contributed by atoms with Crippen LogP contribution >= 0.6 is 11.3 Å². The van der Waals surface area contributed by atoms with Crippen molar-refractivity contribution in [2.24, 2.45) is 0 Å². The summed E-state index contributed by atoms with van der Waals surface area (Å²) >= 11 is 1.89. The van der Waals surface area contributed by atoms with E-state index in [0.29, 0.717) is 17.5 Å². The molecule has 0 saturated heterocycles. The van der Waals surface area contributed by atoms with Crippen LogP contribution in [0.15, 0.2) is 182 Å². The van der Waals surface area contributed by atoms with Crippen LogP contribution in [-0.4, -0.2) is 19.5 Å². The van der Waals surface area contributed by atoms with Gasteiger partial charge < -0.3 is 4.57 Å². The number of aromatic nitrogens is 4. The fourth-order valence-corrected chi connectivity index (χ4v) is 10.1. The number of hydrogen-bond acceptors (Lipinski definition) is 4. The van der Waals surface area contributed by atoms with E-state index in [0.717, 1.165) is 38.5 Å². The van der Waals surface area contributed by atoms with Gasteiger partial charge in [-0.1, -0.05) is 158 Å². The molecule has 5 heteroatoms. The first-order valence-electron chi connectivity index (χ1n) is 18.9. The Hall–Kier alpha value is -7.21. The second-order valence-corrected chi connectivity index (χ2v) is 15.4. The number of rotatable bonds is 4. The first-order chi connectivity index (χ1) is 27.8. The largest absolute Gasteiger partial charge is 0.309 e. The second-order valence-electron chi connectivity index (χ2n) is 14.3. The number of thiophene rings is 1. The zero-order chi connectivity index (χ0) is 36.7. The maximum Gasteiger partial charge on any atom is 0.164 e. The Balaban J connectivity index is 1.17. The summed E-state index contributed by atoms with van der Waals surface area (Å²) in [5.74, 6) is 1.95. The third-order valence-electron chi connectivity index (χ3n) is 11.2. The van der Waals surface area contributed by atoms with E-state index in [9.17, 15) is 0 Å². The van der Waals surface area contributed by atoms with Crippen molar-refractivity contribution in [2.45, 2.75) is 0 Å². The van der Waals surface area contributed by atoms with Gasteiger partial charge in [-0.3, -0.25) is 0 Å². The highest BCUT2D eigenvalue weighted by Gasteiger charge is 2.22. The van der Waals surface area contributed by atoms with Gasteiger partial charge in [0.2, 0.25) is 0 Å². The highest BCUT2D eigenvalue weighted by Crippen LogP contribution is 2.46. The van der Waals surface area contributed by atoms with E-state index >= 15 is 0 Å². The van der Waals surface area contributed by atoms with Crippen molar-refractivity contribution in [3.63, 3.8) is 0 Å². The minimum absolute atomic E-state index is 0.651. The van der Waals surface area contributed by atoms with Crippen molar-refractivity contribution in [1.29, 1.82) is 0 Å². The van der Waals surface area contributed by atoms with Gasteiger partial charge in [0.1, 0.15) is 0 Å². The Kier molecular flexibility index (Phi) is 6.76.